The molecule has 2 aromatic carbocycles. The molecule has 3 nitrogen and oxygen atoms in total. The zero-order valence-electron chi connectivity index (χ0n) is 15.9. The SMILES string of the molecule is COC(=O)CCC(c1ccc(Br)cc1)C1CCN(Cc2ccccc2)CC1. The lowest BCUT2D eigenvalue weighted by molar-refractivity contribution is -0.140. The Morgan fingerprint density at radius 1 is 1.11 bits per heavy atom. The molecule has 2 aromatic rings. The Balaban J connectivity index is 1.62. The molecule has 0 aliphatic carbocycles. The maximum absolute atomic E-state index is 11.7. The highest BCUT2D eigenvalue weighted by atomic mass is 79.9. The molecule has 0 saturated carbocycles. The number of piperidine rings is 1. The normalized spacial score (nSPS) is 16.8. The van der Waals surface area contributed by atoms with Crippen LogP contribution in [0, 0.1) is 5.92 Å². The molecule has 1 saturated heterocycles. The van der Waals surface area contributed by atoms with Gasteiger partial charge in [0, 0.05) is 17.4 Å². The lowest BCUT2D eigenvalue weighted by Crippen LogP contribution is -2.35. The van der Waals surface area contributed by atoms with Crippen molar-refractivity contribution >= 4 is 21.9 Å². The van der Waals surface area contributed by atoms with Crippen LogP contribution < -0.4 is 0 Å². The second kappa shape index (κ2) is 10.0. The minimum Gasteiger partial charge on any atom is -0.469 e. The smallest absolute Gasteiger partial charge is 0.305 e. The van der Waals surface area contributed by atoms with Crippen LogP contribution in [0.4, 0.5) is 0 Å². The van der Waals surface area contributed by atoms with Gasteiger partial charge in [0.2, 0.25) is 0 Å². The first-order valence-corrected chi connectivity index (χ1v) is 10.5. The van der Waals surface area contributed by atoms with Crippen molar-refractivity contribution in [3.8, 4) is 0 Å². The largest absolute Gasteiger partial charge is 0.469 e. The second-order valence-electron chi connectivity index (χ2n) is 7.37. The predicted molar refractivity (Wildman–Crippen MR) is 113 cm³/mol. The first kappa shape index (κ1) is 20.1. The number of methoxy groups -OCH3 is 1. The Morgan fingerprint density at radius 2 is 1.78 bits per heavy atom. The van der Waals surface area contributed by atoms with Crippen LogP contribution in [0.15, 0.2) is 59.1 Å². The number of esters is 1. The lowest BCUT2D eigenvalue weighted by Gasteiger charge is -2.36. The fourth-order valence-electron chi connectivity index (χ4n) is 4.11. The molecule has 1 fully saturated rings. The minimum absolute atomic E-state index is 0.112. The van der Waals surface area contributed by atoms with E-state index < -0.39 is 0 Å². The molecule has 27 heavy (non-hydrogen) atoms. The van der Waals surface area contributed by atoms with Gasteiger partial charge >= 0.3 is 5.97 Å². The van der Waals surface area contributed by atoms with Crippen molar-refractivity contribution in [1.82, 2.24) is 4.90 Å². The van der Waals surface area contributed by atoms with Gasteiger partial charge in [-0.3, -0.25) is 9.69 Å². The number of likely N-dealkylation sites (tertiary alicyclic amines) is 1. The first-order chi connectivity index (χ1) is 13.2. The Hall–Kier alpha value is -1.65. The number of benzene rings is 2. The summed E-state index contributed by atoms with van der Waals surface area (Å²) in [7, 11) is 1.47. The Morgan fingerprint density at radius 3 is 2.41 bits per heavy atom. The number of carbonyl (C=O) groups is 1. The van der Waals surface area contributed by atoms with E-state index in [1.54, 1.807) is 0 Å². The quantitative estimate of drug-likeness (QED) is 0.551. The molecule has 4 heteroatoms. The summed E-state index contributed by atoms with van der Waals surface area (Å²) in [5, 5.41) is 0. The summed E-state index contributed by atoms with van der Waals surface area (Å²) in [6.07, 6.45) is 3.70. The van der Waals surface area contributed by atoms with Gasteiger partial charge in [-0.1, -0.05) is 58.4 Å². The molecule has 0 bridgehead atoms. The molecule has 1 heterocycles. The zero-order valence-corrected chi connectivity index (χ0v) is 17.5. The third-order valence-corrected chi connectivity index (χ3v) is 6.16. The van der Waals surface area contributed by atoms with Crippen LogP contribution in [0.2, 0.25) is 0 Å². The molecular formula is C23H28BrNO2. The van der Waals surface area contributed by atoms with Crippen LogP contribution in [-0.2, 0) is 16.1 Å². The highest BCUT2D eigenvalue weighted by Crippen LogP contribution is 2.37. The average Bonchev–Trinajstić information content (AvgIpc) is 2.71. The van der Waals surface area contributed by atoms with Gasteiger partial charge in [-0.25, -0.2) is 0 Å². The molecule has 1 aliphatic heterocycles. The zero-order chi connectivity index (χ0) is 19.1. The van der Waals surface area contributed by atoms with E-state index in [-0.39, 0.29) is 5.97 Å². The van der Waals surface area contributed by atoms with E-state index in [1.165, 1.54) is 31.1 Å². The van der Waals surface area contributed by atoms with Gasteiger partial charge in [-0.2, -0.15) is 0 Å². The molecule has 1 atom stereocenters. The van der Waals surface area contributed by atoms with Crippen molar-refractivity contribution in [3.05, 3.63) is 70.2 Å². The lowest BCUT2D eigenvalue weighted by atomic mass is 9.77. The van der Waals surface area contributed by atoms with Gasteiger partial charge < -0.3 is 4.74 Å². The van der Waals surface area contributed by atoms with Crippen LogP contribution in [0.3, 0.4) is 0 Å². The van der Waals surface area contributed by atoms with Crippen LogP contribution in [0.1, 0.15) is 42.7 Å². The summed E-state index contributed by atoms with van der Waals surface area (Å²) < 4.78 is 5.96. The van der Waals surface area contributed by atoms with E-state index in [9.17, 15) is 4.79 Å². The highest BCUT2D eigenvalue weighted by molar-refractivity contribution is 9.10. The second-order valence-corrected chi connectivity index (χ2v) is 8.29. The van der Waals surface area contributed by atoms with Gasteiger partial charge in [0.1, 0.15) is 0 Å². The Bertz CT molecular complexity index is 709. The van der Waals surface area contributed by atoms with Crippen LogP contribution in [-0.4, -0.2) is 31.1 Å². The van der Waals surface area contributed by atoms with E-state index in [0.29, 0.717) is 18.3 Å². The van der Waals surface area contributed by atoms with Crippen LogP contribution in [0.25, 0.3) is 0 Å². The number of hydrogen-bond donors (Lipinski definition) is 0. The molecule has 0 radical (unpaired) electrons. The molecule has 0 N–H and O–H groups in total. The van der Waals surface area contributed by atoms with Gasteiger partial charge in [0.25, 0.3) is 0 Å². The molecule has 0 amide bonds. The fourth-order valence-corrected chi connectivity index (χ4v) is 4.38. The van der Waals surface area contributed by atoms with Crippen molar-refractivity contribution in [2.75, 3.05) is 20.2 Å². The third-order valence-electron chi connectivity index (χ3n) is 5.64. The van der Waals surface area contributed by atoms with E-state index in [1.807, 2.05) is 0 Å². The number of ether oxygens (including phenoxy) is 1. The van der Waals surface area contributed by atoms with Crippen molar-refractivity contribution in [1.29, 1.82) is 0 Å². The highest BCUT2D eigenvalue weighted by Gasteiger charge is 2.28. The van der Waals surface area contributed by atoms with Gasteiger partial charge in [0.15, 0.2) is 0 Å². The van der Waals surface area contributed by atoms with E-state index in [0.717, 1.165) is 30.5 Å². The summed E-state index contributed by atoms with van der Waals surface area (Å²) in [5.41, 5.74) is 2.72. The number of nitrogens with zero attached hydrogens (tertiary/aromatic N) is 1. The Kier molecular flexibility index (Phi) is 7.48. The fraction of sp³-hybridized carbons (Fsp3) is 0.435. The number of halogens is 1. The van der Waals surface area contributed by atoms with Gasteiger partial charge in [-0.05, 0) is 67.4 Å². The third kappa shape index (κ3) is 5.91. The molecular weight excluding hydrogens is 402 g/mol. The minimum atomic E-state index is -0.112. The predicted octanol–water partition coefficient (Wildman–Crippen LogP) is 5.40. The van der Waals surface area contributed by atoms with E-state index in [2.05, 4.69) is 75.4 Å². The maximum Gasteiger partial charge on any atom is 0.305 e. The standard InChI is InChI=1S/C23H28BrNO2/c1-27-23(26)12-11-22(19-7-9-21(24)10-8-19)20-13-15-25(16-14-20)17-18-5-3-2-4-6-18/h2-10,20,22H,11-17H2,1H3. The van der Waals surface area contributed by atoms with Crippen molar-refractivity contribution < 1.29 is 9.53 Å². The van der Waals surface area contributed by atoms with Gasteiger partial charge in [-0.15, -0.1) is 0 Å². The monoisotopic (exact) mass is 429 g/mol. The van der Waals surface area contributed by atoms with Gasteiger partial charge in [0.05, 0.1) is 7.11 Å². The van der Waals surface area contributed by atoms with Crippen molar-refractivity contribution in [3.63, 3.8) is 0 Å². The summed E-state index contributed by atoms with van der Waals surface area (Å²) in [5.74, 6) is 0.914. The summed E-state index contributed by atoms with van der Waals surface area (Å²) >= 11 is 3.52. The van der Waals surface area contributed by atoms with E-state index in [4.69, 9.17) is 4.74 Å². The molecule has 1 unspecified atom stereocenters. The Labute approximate surface area is 170 Å². The first-order valence-electron chi connectivity index (χ1n) is 9.74. The van der Waals surface area contributed by atoms with Crippen LogP contribution >= 0.6 is 15.9 Å². The molecule has 0 aromatic heterocycles. The van der Waals surface area contributed by atoms with E-state index >= 15 is 0 Å². The molecule has 3 rings (SSSR count). The van der Waals surface area contributed by atoms with Crippen LogP contribution in [0.5, 0.6) is 0 Å². The van der Waals surface area contributed by atoms with Crippen molar-refractivity contribution in [2.24, 2.45) is 5.92 Å². The number of carbonyl (C=O) groups excluding carboxylic acids is 1. The average molecular weight is 430 g/mol. The maximum atomic E-state index is 11.7. The summed E-state index contributed by atoms with van der Waals surface area (Å²) in [4.78, 5) is 14.2. The molecule has 1 aliphatic rings. The van der Waals surface area contributed by atoms with Crippen molar-refractivity contribution in [2.45, 2.75) is 38.1 Å². The topological polar surface area (TPSA) is 29.5 Å². The number of hydrogen-bond acceptors (Lipinski definition) is 3. The number of rotatable bonds is 7. The molecule has 0 spiro atoms. The summed E-state index contributed by atoms with van der Waals surface area (Å²) in [6.45, 7) is 3.26. The molecule has 144 valence electrons. The summed E-state index contributed by atoms with van der Waals surface area (Å²) in [6, 6.07) is 19.3.